The molecule has 0 aliphatic heterocycles. The van der Waals surface area contributed by atoms with Crippen LogP contribution in [0.2, 0.25) is 0 Å². The lowest BCUT2D eigenvalue weighted by Crippen LogP contribution is -2.23. The van der Waals surface area contributed by atoms with Crippen molar-refractivity contribution in [2.24, 2.45) is 0 Å². The van der Waals surface area contributed by atoms with E-state index in [1.54, 1.807) is 17.7 Å². The maximum Gasteiger partial charge on any atom is 0.506 e. The van der Waals surface area contributed by atoms with Crippen LogP contribution < -0.4 is 5.32 Å². The molecule has 5 rings (SSSR count). The molecule has 1 aliphatic carbocycles. The number of fused-ring (bicyclic) bond motifs is 4. The third-order valence-corrected chi connectivity index (χ3v) is 6.24. The van der Waals surface area contributed by atoms with Gasteiger partial charge in [-0.05, 0) is 43.5 Å². The fourth-order valence-electron chi connectivity index (χ4n) is 3.77. The molecular formula is C19H17N5O3S. The van der Waals surface area contributed by atoms with Gasteiger partial charge in [-0.25, -0.2) is 14.8 Å². The Kier molecular flexibility index (Phi) is 3.90. The van der Waals surface area contributed by atoms with Crippen molar-refractivity contribution in [2.75, 3.05) is 5.32 Å². The molecule has 0 fully saturated rings. The van der Waals surface area contributed by atoms with Gasteiger partial charge in [0.05, 0.1) is 10.9 Å². The fraction of sp³-hybridized carbons (Fsp3) is 0.263. The Morgan fingerprint density at radius 1 is 1.39 bits per heavy atom. The van der Waals surface area contributed by atoms with Crippen LogP contribution in [0.3, 0.4) is 0 Å². The van der Waals surface area contributed by atoms with Crippen LogP contribution in [0, 0.1) is 6.92 Å². The lowest BCUT2D eigenvalue weighted by Gasteiger charge is -2.21. The number of aryl methyl sites for hydroxylation is 2. The number of nitrogens with zero attached hydrogens (tertiary/aromatic N) is 3. The van der Waals surface area contributed by atoms with Crippen molar-refractivity contribution < 1.29 is 14.6 Å². The maximum absolute atomic E-state index is 10.8. The van der Waals surface area contributed by atoms with E-state index in [2.05, 4.69) is 31.5 Å². The summed E-state index contributed by atoms with van der Waals surface area (Å²) in [4.78, 5) is 21.8. The summed E-state index contributed by atoms with van der Waals surface area (Å²) in [5.74, 6) is 0.764. The van der Waals surface area contributed by atoms with E-state index in [0.717, 1.165) is 49.6 Å². The smallest absolute Gasteiger partial charge is 0.450 e. The lowest BCUT2D eigenvalue weighted by molar-refractivity contribution is 0.0467. The van der Waals surface area contributed by atoms with E-state index < -0.39 is 6.16 Å². The normalized spacial score (nSPS) is 16.2. The van der Waals surface area contributed by atoms with Crippen LogP contribution in [0.25, 0.3) is 21.1 Å². The number of ether oxygens (including phenoxy) is 1. The summed E-state index contributed by atoms with van der Waals surface area (Å²) < 4.78 is 4.98. The van der Waals surface area contributed by atoms with Gasteiger partial charge in [0.1, 0.15) is 23.1 Å². The Hall–Kier alpha value is -3.20. The summed E-state index contributed by atoms with van der Waals surface area (Å²) >= 11 is 1.58. The van der Waals surface area contributed by atoms with Gasteiger partial charge in [-0.3, -0.25) is 5.10 Å². The number of aromatic nitrogens is 4. The standard InChI is InChI=1S/C19H17N5O3S/c1-9-13-6-10(2-5-14(13)24-23-9)22-17-16-12-4-3-11(27-19(25)26)7-15(12)28-18(16)21-8-20-17/h2,5-6,8,11H,3-4,7H2,1H3,(H,23,24)(H,25,26)(H,20,21,22). The molecule has 0 spiro atoms. The van der Waals surface area contributed by atoms with Crippen LogP contribution in [0.15, 0.2) is 24.5 Å². The lowest BCUT2D eigenvalue weighted by atomic mass is 9.94. The summed E-state index contributed by atoms with van der Waals surface area (Å²) in [7, 11) is 0. The molecule has 0 saturated carbocycles. The molecule has 8 nitrogen and oxygen atoms in total. The zero-order valence-corrected chi connectivity index (χ0v) is 15.8. The number of rotatable bonds is 3. The molecule has 3 N–H and O–H groups in total. The summed E-state index contributed by atoms with van der Waals surface area (Å²) in [6, 6.07) is 6.00. The minimum absolute atomic E-state index is 0.297. The zero-order chi connectivity index (χ0) is 19.3. The van der Waals surface area contributed by atoms with Crippen LogP contribution in [0.4, 0.5) is 16.3 Å². The summed E-state index contributed by atoms with van der Waals surface area (Å²) in [5, 5.41) is 21.6. The molecule has 0 amide bonds. The van der Waals surface area contributed by atoms with Crippen molar-refractivity contribution >= 4 is 50.1 Å². The van der Waals surface area contributed by atoms with Gasteiger partial charge < -0.3 is 15.2 Å². The van der Waals surface area contributed by atoms with Gasteiger partial charge in [0, 0.05) is 28.1 Å². The summed E-state index contributed by atoms with van der Waals surface area (Å²) in [5.41, 5.74) is 4.06. The van der Waals surface area contributed by atoms with Gasteiger partial charge in [-0.15, -0.1) is 11.3 Å². The number of carbonyl (C=O) groups is 1. The van der Waals surface area contributed by atoms with Gasteiger partial charge in [0.15, 0.2) is 0 Å². The van der Waals surface area contributed by atoms with Crippen molar-refractivity contribution in [3.05, 3.63) is 40.7 Å². The van der Waals surface area contributed by atoms with Gasteiger partial charge in [-0.2, -0.15) is 5.10 Å². The van der Waals surface area contributed by atoms with Crippen molar-refractivity contribution in [2.45, 2.75) is 32.3 Å². The van der Waals surface area contributed by atoms with Gasteiger partial charge in [-0.1, -0.05) is 0 Å². The van der Waals surface area contributed by atoms with Crippen molar-refractivity contribution in [3.8, 4) is 0 Å². The molecule has 0 saturated heterocycles. The molecule has 0 radical (unpaired) electrons. The molecule has 142 valence electrons. The zero-order valence-electron chi connectivity index (χ0n) is 15.0. The first kappa shape index (κ1) is 16.9. The van der Waals surface area contributed by atoms with E-state index in [0.29, 0.717) is 12.8 Å². The van der Waals surface area contributed by atoms with Crippen LogP contribution in [0.5, 0.6) is 0 Å². The second-order valence-corrected chi connectivity index (χ2v) is 7.94. The van der Waals surface area contributed by atoms with Crippen molar-refractivity contribution in [1.82, 2.24) is 20.2 Å². The number of carboxylic acid groups (broad SMARTS) is 1. The maximum atomic E-state index is 10.8. The average Bonchev–Trinajstić information content (AvgIpc) is 3.22. The highest BCUT2D eigenvalue weighted by Gasteiger charge is 2.27. The van der Waals surface area contributed by atoms with Gasteiger partial charge in [0.25, 0.3) is 0 Å². The Morgan fingerprint density at radius 2 is 2.29 bits per heavy atom. The largest absolute Gasteiger partial charge is 0.506 e. The van der Waals surface area contributed by atoms with E-state index >= 15 is 0 Å². The molecular weight excluding hydrogens is 378 g/mol. The van der Waals surface area contributed by atoms with E-state index in [1.165, 1.54) is 5.56 Å². The molecule has 4 aromatic rings. The number of H-pyrrole nitrogens is 1. The fourth-order valence-corrected chi connectivity index (χ4v) is 5.02. The number of hydrogen-bond donors (Lipinski definition) is 3. The quantitative estimate of drug-likeness (QED) is 0.446. The number of thiophene rings is 1. The van der Waals surface area contributed by atoms with E-state index in [1.807, 2.05) is 19.1 Å². The monoisotopic (exact) mass is 395 g/mol. The second-order valence-electron chi connectivity index (χ2n) is 6.86. The minimum Gasteiger partial charge on any atom is -0.450 e. The number of nitrogens with one attached hydrogen (secondary N) is 2. The molecule has 28 heavy (non-hydrogen) atoms. The van der Waals surface area contributed by atoms with Crippen molar-refractivity contribution in [1.29, 1.82) is 0 Å². The Balaban J connectivity index is 1.52. The molecule has 1 unspecified atom stereocenters. The third-order valence-electron chi connectivity index (χ3n) is 5.07. The highest BCUT2D eigenvalue weighted by Crippen LogP contribution is 2.39. The highest BCUT2D eigenvalue weighted by atomic mass is 32.1. The average molecular weight is 395 g/mol. The molecule has 1 aromatic carbocycles. The topological polar surface area (TPSA) is 113 Å². The minimum atomic E-state index is -1.22. The van der Waals surface area contributed by atoms with E-state index in [-0.39, 0.29) is 6.10 Å². The first-order valence-corrected chi connectivity index (χ1v) is 9.76. The first-order valence-electron chi connectivity index (χ1n) is 8.95. The highest BCUT2D eigenvalue weighted by molar-refractivity contribution is 7.19. The Morgan fingerprint density at radius 3 is 3.14 bits per heavy atom. The van der Waals surface area contributed by atoms with Crippen molar-refractivity contribution in [3.63, 3.8) is 0 Å². The Labute approximate surface area is 163 Å². The third kappa shape index (κ3) is 2.84. The Bertz CT molecular complexity index is 1220. The first-order chi connectivity index (χ1) is 13.6. The summed E-state index contributed by atoms with van der Waals surface area (Å²) in [6.45, 7) is 1.99. The van der Waals surface area contributed by atoms with Gasteiger partial charge >= 0.3 is 6.16 Å². The molecule has 0 bridgehead atoms. The predicted molar refractivity (Wildman–Crippen MR) is 106 cm³/mol. The summed E-state index contributed by atoms with van der Waals surface area (Å²) in [6.07, 6.45) is 2.03. The number of benzene rings is 1. The molecule has 9 heteroatoms. The van der Waals surface area contributed by atoms with Crippen LogP contribution in [0.1, 0.15) is 22.6 Å². The molecule has 1 atom stereocenters. The van der Waals surface area contributed by atoms with Gasteiger partial charge in [0.2, 0.25) is 0 Å². The number of hydrogen-bond acceptors (Lipinski definition) is 7. The second kappa shape index (κ2) is 6.45. The SMILES string of the molecule is Cc1[nH]nc2ccc(Nc3ncnc4sc5c(c34)CCC(OC(=O)O)C5)cc12. The van der Waals surface area contributed by atoms with Crippen LogP contribution in [-0.4, -0.2) is 37.5 Å². The molecule has 3 heterocycles. The van der Waals surface area contributed by atoms with E-state index in [9.17, 15) is 4.79 Å². The molecule has 1 aliphatic rings. The van der Waals surface area contributed by atoms with Crippen LogP contribution in [-0.2, 0) is 17.6 Å². The number of aromatic amines is 1. The van der Waals surface area contributed by atoms with Crippen LogP contribution >= 0.6 is 11.3 Å². The number of anilines is 2. The predicted octanol–water partition coefficient (Wildman–Crippen LogP) is 4.17. The molecule has 3 aromatic heterocycles. The van der Waals surface area contributed by atoms with E-state index in [4.69, 9.17) is 9.84 Å².